The van der Waals surface area contributed by atoms with Crippen LogP contribution in [0.3, 0.4) is 0 Å². The molecule has 0 bridgehead atoms. The third kappa shape index (κ3) is 3.11. The zero-order chi connectivity index (χ0) is 14.1. The van der Waals surface area contributed by atoms with Gasteiger partial charge in [-0.15, -0.1) is 0 Å². The van der Waals surface area contributed by atoms with Crippen LogP contribution in [-0.4, -0.2) is 36.0 Å². The molecule has 1 aliphatic carbocycles. The van der Waals surface area contributed by atoms with E-state index in [1.165, 1.54) is 6.42 Å². The lowest BCUT2D eigenvalue weighted by molar-refractivity contribution is 0.0729. The molecule has 1 aromatic carbocycles. The summed E-state index contributed by atoms with van der Waals surface area (Å²) in [5.74, 6) is 0.00806. The predicted octanol–water partition coefficient (Wildman–Crippen LogP) is 3.35. The molecule has 1 N–H and O–H groups in total. The van der Waals surface area contributed by atoms with Gasteiger partial charge < -0.3 is 10.2 Å². The first kappa shape index (κ1) is 14.2. The second-order valence-corrected chi connectivity index (χ2v) is 6.45. The highest BCUT2D eigenvalue weighted by Crippen LogP contribution is 2.31. The van der Waals surface area contributed by atoms with Crippen LogP contribution in [0.25, 0.3) is 0 Å². The van der Waals surface area contributed by atoms with Crippen LogP contribution in [0.2, 0.25) is 10.0 Å². The number of carbonyl (C=O) groups is 1. The maximum Gasteiger partial charge on any atom is 0.255 e. The zero-order valence-corrected chi connectivity index (χ0v) is 12.8. The van der Waals surface area contributed by atoms with Gasteiger partial charge in [0.1, 0.15) is 0 Å². The molecular formula is C15H18Cl2N2O. The van der Waals surface area contributed by atoms with Gasteiger partial charge in [-0.2, -0.15) is 0 Å². The molecule has 0 spiro atoms. The van der Waals surface area contributed by atoms with E-state index in [-0.39, 0.29) is 5.91 Å². The van der Waals surface area contributed by atoms with E-state index in [1.807, 2.05) is 4.90 Å². The number of rotatable bonds is 4. The van der Waals surface area contributed by atoms with Crippen LogP contribution < -0.4 is 5.32 Å². The van der Waals surface area contributed by atoms with Crippen LogP contribution in [0.4, 0.5) is 0 Å². The topological polar surface area (TPSA) is 32.3 Å². The molecule has 2 aliphatic rings. The monoisotopic (exact) mass is 312 g/mol. The molecule has 1 heterocycles. The minimum absolute atomic E-state index is 0.00806. The van der Waals surface area contributed by atoms with Crippen molar-refractivity contribution in [1.29, 1.82) is 0 Å². The van der Waals surface area contributed by atoms with Gasteiger partial charge in [-0.05, 0) is 50.4 Å². The summed E-state index contributed by atoms with van der Waals surface area (Å²) in [6.07, 6.45) is 4.52. The van der Waals surface area contributed by atoms with E-state index in [2.05, 4.69) is 5.32 Å². The Bertz CT molecular complexity index is 511. The summed E-state index contributed by atoms with van der Waals surface area (Å²) < 4.78 is 0. The second kappa shape index (κ2) is 5.92. The average Bonchev–Trinajstić information content (AvgIpc) is 3.15. The molecule has 2 fully saturated rings. The van der Waals surface area contributed by atoms with Gasteiger partial charge in [-0.1, -0.05) is 23.2 Å². The fraction of sp³-hybridized carbons (Fsp3) is 0.533. The summed E-state index contributed by atoms with van der Waals surface area (Å²) in [6, 6.07) is 5.86. The Labute approximate surface area is 129 Å². The molecule has 0 radical (unpaired) electrons. The van der Waals surface area contributed by atoms with Crippen LogP contribution in [0.15, 0.2) is 18.2 Å². The van der Waals surface area contributed by atoms with Gasteiger partial charge in [0, 0.05) is 23.7 Å². The first-order valence-corrected chi connectivity index (χ1v) is 7.90. The van der Waals surface area contributed by atoms with Crippen molar-refractivity contribution in [1.82, 2.24) is 10.2 Å². The summed E-state index contributed by atoms with van der Waals surface area (Å²) in [5, 5.41) is 4.47. The number of hydrogen-bond acceptors (Lipinski definition) is 2. The van der Waals surface area contributed by atoms with Crippen molar-refractivity contribution in [2.75, 3.05) is 13.1 Å². The van der Waals surface area contributed by atoms with Gasteiger partial charge in [0.2, 0.25) is 0 Å². The van der Waals surface area contributed by atoms with E-state index < -0.39 is 0 Å². The summed E-state index contributed by atoms with van der Waals surface area (Å²) in [5.41, 5.74) is 0.518. The normalized spacial score (nSPS) is 22.0. The number of halogens is 2. The summed E-state index contributed by atoms with van der Waals surface area (Å²) in [6.45, 7) is 1.82. The van der Waals surface area contributed by atoms with Gasteiger partial charge in [0.15, 0.2) is 0 Å². The van der Waals surface area contributed by atoms with Gasteiger partial charge in [0.05, 0.1) is 10.6 Å². The second-order valence-electron chi connectivity index (χ2n) is 5.61. The number of hydrogen-bond donors (Lipinski definition) is 1. The van der Waals surface area contributed by atoms with E-state index in [4.69, 9.17) is 23.2 Å². The number of nitrogens with one attached hydrogen (secondary N) is 1. The van der Waals surface area contributed by atoms with Crippen LogP contribution in [0.1, 0.15) is 36.0 Å². The standard InChI is InChI=1S/C15H18Cl2N2O/c16-10-3-6-14(17)13(8-10)15(20)19(12-4-5-12)9-11-2-1-7-18-11/h3,6,8,11-12,18H,1-2,4-5,7,9H2. The first-order valence-electron chi connectivity index (χ1n) is 7.14. The van der Waals surface area contributed by atoms with E-state index >= 15 is 0 Å². The van der Waals surface area contributed by atoms with Gasteiger partial charge in [-0.25, -0.2) is 0 Å². The number of carbonyl (C=O) groups excluding carboxylic acids is 1. The Kier molecular flexibility index (Phi) is 4.20. The average molecular weight is 313 g/mol. The lowest BCUT2D eigenvalue weighted by Gasteiger charge is -2.26. The van der Waals surface area contributed by atoms with Crippen LogP contribution >= 0.6 is 23.2 Å². The van der Waals surface area contributed by atoms with Crippen LogP contribution in [-0.2, 0) is 0 Å². The number of nitrogens with zero attached hydrogens (tertiary/aromatic N) is 1. The SMILES string of the molecule is O=C(c1cc(Cl)ccc1Cl)N(CC1CCCN1)C1CC1. The molecule has 1 amide bonds. The van der Waals surface area contributed by atoms with Crippen LogP contribution in [0, 0.1) is 0 Å². The molecule has 1 atom stereocenters. The van der Waals surface area contributed by atoms with Crippen molar-refractivity contribution in [2.45, 2.75) is 37.8 Å². The molecule has 5 heteroatoms. The summed E-state index contributed by atoms with van der Waals surface area (Å²) >= 11 is 12.1. The fourth-order valence-electron chi connectivity index (χ4n) is 2.75. The van der Waals surface area contributed by atoms with Crippen molar-refractivity contribution >= 4 is 29.1 Å². The Balaban J connectivity index is 1.79. The number of amides is 1. The minimum Gasteiger partial charge on any atom is -0.334 e. The van der Waals surface area contributed by atoms with E-state index in [1.54, 1.807) is 18.2 Å². The largest absolute Gasteiger partial charge is 0.334 e. The van der Waals surface area contributed by atoms with E-state index in [9.17, 15) is 4.79 Å². The molecule has 1 aliphatic heterocycles. The Morgan fingerprint density at radius 2 is 2.10 bits per heavy atom. The Hall–Kier alpha value is -0.770. The molecular weight excluding hydrogens is 295 g/mol. The molecule has 3 nitrogen and oxygen atoms in total. The molecule has 1 aromatic rings. The lowest BCUT2D eigenvalue weighted by atomic mass is 10.1. The van der Waals surface area contributed by atoms with Crippen molar-refractivity contribution in [3.8, 4) is 0 Å². The summed E-state index contributed by atoms with van der Waals surface area (Å²) in [7, 11) is 0. The first-order chi connectivity index (χ1) is 9.65. The third-order valence-corrected chi connectivity index (χ3v) is 4.55. The molecule has 1 saturated heterocycles. The highest BCUT2D eigenvalue weighted by molar-refractivity contribution is 6.35. The maximum absolute atomic E-state index is 12.7. The van der Waals surface area contributed by atoms with Crippen molar-refractivity contribution < 1.29 is 4.79 Å². The van der Waals surface area contributed by atoms with E-state index in [0.717, 1.165) is 32.4 Å². The van der Waals surface area contributed by atoms with E-state index in [0.29, 0.717) is 27.7 Å². The Morgan fingerprint density at radius 1 is 1.30 bits per heavy atom. The minimum atomic E-state index is 0.00806. The predicted molar refractivity (Wildman–Crippen MR) is 81.5 cm³/mol. The molecule has 1 unspecified atom stereocenters. The fourth-order valence-corrected chi connectivity index (χ4v) is 3.12. The van der Waals surface area contributed by atoms with Crippen LogP contribution in [0.5, 0.6) is 0 Å². The smallest absolute Gasteiger partial charge is 0.255 e. The Morgan fingerprint density at radius 3 is 2.75 bits per heavy atom. The molecule has 20 heavy (non-hydrogen) atoms. The highest BCUT2D eigenvalue weighted by Gasteiger charge is 2.35. The maximum atomic E-state index is 12.7. The van der Waals surface area contributed by atoms with Gasteiger partial charge in [0.25, 0.3) is 5.91 Å². The zero-order valence-electron chi connectivity index (χ0n) is 11.2. The van der Waals surface area contributed by atoms with Gasteiger partial charge in [-0.3, -0.25) is 4.79 Å². The van der Waals surface area contributed by atoms with Crippen molar-refractivity contribution in [3.63, 3.8) is 0 Å². The highest BCUT2D eigenvalue weighted by atomic mass is 35.5. The third-order valence-electron chi connectivity index (χ3n) is 3.99. The quantitative estimate of drug-likeness (QED) is 0.924. The molecule has 0 aromatic heterocycles. The summed E-state index contributed by atoms with van der Waals surface area (Å²) in [4.78, 5) is 14.7. The molecule has 3 rings (SSSR count). The van der Waals surface area contributed by atoms with Gasteiger partial charge >= 0.3 is 0 Å². The molecule has 108 valence electrons. The lowest BCUT2D eigenvalue weighted by Crippen LogP contribution is -2.42. The van der Waals surface area contributed by atoms with Crippen molar-refractivity contribution in [2.24, 2.45) is 0 Å². The van der Waals surface area contributed by atoms with Crippen molar-refractivity contribution in [3.05, 3.63) is 33.8 Å². The number of benzene rings is 1. The molecule has 1 saturated carbocycles.